The van der Waals surface area contributed by atoms with E-state index in [-0.39, 0.29) is 5.54 Å². The van der Waals surface area contributed by atoms with Gasteiger partial charge in [-0.25, -0.2) is 0 Å². The number of aryl methyl sites for hydroxylation is 1. The Labute approximate surface area is 129 Å². The number of hydrogen-bond donors (Lipinski definition) is 1. The highest BCUT2D eigenvalue weighted by Gasteiger charge is 2.37. The van der Waals surface area contributed by atoms with Gasteiger partial charge in [0.15, 0.2) is 0 Å². The highest BCUT2D eigenvalue weighted by Crippen LogP contribution is 2.48. The maximum atomic E-state index is 3.73. The fourth-order valence-electron chi connectivity index (χ4n) is 3.39. The zero-order valence-corrected chi connectivity index (χ0v) is 14.9. The molecular formula is C18H31NS. The molecule has 1 aromatic heterocycles. The molecule has 1 aromatic rings. The van der Waals surface area contributed by atoms with Crippen LogP contribution in [0.15, 0.2) is 11.4 Å². The molecule has 0 radical (unpaired) electrons. The van der Waals surface area contributed by atoms with Crippen molar-refractivity contribution in [2.24, 2.45) is 11.3 Å². The van der Waals surface area contributed by atoms with Crippen molar-refractivity contribution >= 4 is 11.3 Å². The van der Waals surface area contributed by atoms with Gasteiger partial charge in [-0.1, -0.05) is 13.8 Å². The molecule has 114 valence electrons. The highest BCUT2D eigenvalue weighted by molar-refractivity contribution is 7.10. The highest BCUT2D eigenvalue weighted by atomic mass is 32.1. The summed E-state index contributed by atoms with van der Waals surface area (Å²) >= 11 is 1.97. The van der Waals surface area contributed by atoms with Gasteiger partial charge in [0.1, 0.15) is 0 Å². The number of rotatable bonds is 3. The fourth-order valence-corrected chi connectivity index (χ4v) is 4.52. The van der Waals surface area contributed by atoms with Crippen LogP contribution in [0.3, 0.4) is 0 Å². The van der Waals surface area contributed by atoms with Gasteiger partial charge >= 0.3 is 0 Å². The Morgan fingerprint density at radius 2 is 2.05 bits per heavy atom. The molecule has 0 amide bonds. The monoisotopic (exact) mass is 293 g/mol. The topological polar surface area (TPSA) is 12.0 Å². The Bertz CT molecular complexity index is 439. The van der Waals surface area contributed by atoms with Crippen LogP contribution < -0.4 is 5.32 Å². The summed E-state index contributed by atoms with van der Waals surface area (Å²) in [5.41, 5.74) is 2.22. The molecule has 2 atom stereocenters. The lowest BCUT2D eigenvalue weighted by atomic mass is 9.66. The lowest BCUT2D eigenvalue weighted by Crippen LogP contribution is -2.42. The Hall–Kier alpha value is -0.340. The van der Waals surface area contributed by atoms with Crippen molar-refractivity contribution < 1.29 is 0 Å². The number of hydrogen-bond acceptors (Lipinski definition) is 2. The first-order valence-electron chi connectivity index (χ1n) is 7.97. The SMILES string of the molecule is Cc1ccsc1C1CC(C)(C)CCC1CNC(C)(C)C. The molecule has 20 heavy (non-hydrogen) atoms. The summed E-state index contributed by atoms with van der Waals surface area (Å²) in [5.74, 6) is 1.54. The van der Waals surface area contributed by atoms with E-state index in [4.69, 9.17) is 0 Å². The van der Waals surface area contributed by atoms with Gasteiger partial charge in [0.2, 0.25) is 0 Å². The van der Waals surface area contributed by atoms with Crippen molar-refractivity contribution in [1.82, 2.24) is 5.32 Å². The standard InChI is InChI=1S/C18H31NS/c1-13-8-10-20-16(13)15-11-18(5,6)9-7-14(15)12-19-17(2,3)4/h8,10,14-15,19H,7,9,11-12H2,1-6H3. The second-order valence-electron chi connectivity index (χ2n) is 8.37. The molecule has 1 heterocycles. The van der Waals surface area contributed by atoms with Crippen molar-refractivity contribution in [2.75, 3.05) is 6.54 Å². The third-order valence-electron chi connectivity index (χ3n) is 4.67. The minimum Gasteiger partial charge on any atom is -0.312 e. The fraction of sp³-hybridized carbons (Fsp3) is 0.778. The Morgan fingerprint density at radius 3 is 2.60 bits per heavy atom. The minimum atomic E-state index is 0.224. The van der Waals surface area contributed by atoms with Crippen molar-refractivity contribution in [3.63, 3.8) is 0 Å². The average molecular weight is 294 g/mol. The summed E-state index contributed by atoms with van der Waals surface area (Å²) in [6.07, 6.45) is 4.06. The molecule has 1 aliphatic carbocycles. The molecule has 0 aromatic carbocycles. The normalized spacial score (nSPS) is 26.7. The third kappa shape index (κ3) is 4.08. The molecule has 2 heteroatoms. The predicted octanol–water partition coefficient (Wildman–Crippen LogP) is 5.35. The molecule has 0 saturated heterocycles. The summed E-state index contributed by atoms with van der Waals surface area (Å²) in [7, 11) is 0. The zero-order chi connectivity index (χ0) is 15.0. The van der Waals surface area contributed by atoms with Gasteiger partial charge in [0.05, 0.1) is 0 Å². The van der Waals surface area contributed by atoms with E-state index in [9.17, 15) is 0 Å². The largest absolute Gasteiger partial charge is 0.312 e. The van der Waals surface area contributed by atoms with Crippen LogP contribution >= 0.6 is 11.3 Å². The van der Waals surface area contributed by atoms with Crippen LogP contribution in [0.25, 0.3) is 0 Å². The molecule has 0 aliphatic heterocycles. The van der Waals surface area contributed by atoms with Crippen LogP contribution in [0.5, 0.6) is 0 Å². The first-order valence-corrected chi connectivity index (χ1v) is 8.85. The minimum absolute atomic E-state index is 0.224. The molecule has 1 fully saturated rings. The van der Waals surface area contributed by atoms with Gasteiger partial charge < -0.3 is 5.32 Å². The first-order chi connectivity index (χ1) is 9.18. The van der Waals surface area contributed by atoms with Gasteiger partial charge in [0.25, 0.3) is 0 Å². The van der Waals surface area contributed by atoms with Crippen LogP contribution in [0.4, 0.5) is 0 Å². The van der Waals surface area contributed by atoms with E-state index >= 15 is 0 Å². The second kappa shape index (κ2) is 5.81. The maximum absolute atomic E-state index is 3.73. The Kier molecular flexibility index (Phi) is 4.66. The molecule has 2 rings (SSSR count). The van der Waals surface area contributed by atoms with Gasteiger partial charge in [-0.2, -0.15) is 0 Å². The van der Waals surface area contributed by atoms with Gasteiger partial charge in [-0.3, -0.25) is 0 Å². The van der Waals surface area contributed by atoms with Crippen molar-refractivity contribution in [3.8, 4) is 0 Å². The van der Waals surface area contributed by atoms with Crippen LogP contribution in [0.2, 0.25) is 0 Å². The molecule has 1 saturated carbocycles. The molecule has 0 bridgehead atoms. The lowest BCUT2D eigenvalue weighted by molar-refractivity contribution is 0.155. The van der Waals surface area contributed by atoms with E-state index in [2.05, 4.69) is 58.3 Å². The molecule has 1 N–H and O–H groups in total. The van der Waals surface area contributed by atoms with E-state index in [0.717, 1.165) is 18.4 Å². The smallest absolute Gasteiger partial charge is 0.0109 e. The van der Waals surface area contributed by atoms with Crippen LogP contribution in [0, 0.1) is 18.3 Å². The van der Waals surface area contributed by atoms with Gasteiger partial charge in [-0.05, 0) is 87.8 Å². The molecule has 1 nitrogen and oxygen atoms in total. The van der Waals surface area contributed by atoms with Gasteiger partial charge in [-0.15, -0.1) is 11.3 Å². The predicted molar refractivity (Wildman–Crippen MR) is 90.7 cm³/mol. The van der Waals surface area contributed by atoms with Crippen LogP contribution in [0.1, 0.15) is 70.2 Å². The van der Waals surface area contributed by atoms with E-state index in [1.165, 1.54) is 24.8 Å². The van der Waals surface area contributed by atoms with Crippen LogP contribution in [-0.2, 0) is 0 Å². The molecular weight excluding hydrogens is 262 g/mol. The molecule has 0 spiro atoms. The van der Waals surface area contributed by atoms with Gasteiger partial charge in [0, 0.05) is 10.4 Å². The van der Waals surface area contributed by atoms with E-state index < -0.39 is 0 Å². The maximum Gasteiger partial charge on any atom is 0.0109 e. The summed E-state index contributed by atoms with van der Waals surface area (Å²) in [6.45, 7) is 15.1. The number of thiophene rings is 1. The first kappa shape index (κ1) is 16.0. The van der Waals surface area contributed by atoms with Crippen molar-refractivity contribution in [2.45, 2.75) is 72.3 Å². The summed E-state index contributed by atoms with van der Waals surface area (Å²) < 4.78 is 0. The molecule has 2 unspecified atom stereocenters. The Balaban J connectivity index is 2.15. The Morgan fingerprint density at radius 1 is 1.35 bits per heavy atom. The zero-order valence-electron chi connectivity index (χ0n) is 14.0. The number of nitrogens with one attached hydrogen (secondary N) is 1. The third-order valence-corrected chi connectivity index (χ3v) is 5.82. The summed E-state index contributed by atoms with van der Waals surface area (Å²) in [4.78, 5) is 1.64. The second-order valence-corrected chi connectivity index (χ2v) is 9.32. The van der Waals surface area contributed by atoms with E-state index in [1.54, 1.807) is 4.88 Å². The summed E-state index contributed by atoms with van der Waals surface area (Å²) in [5, 5.41) is 6.00. The van der Waals surface area contributed by atoms with Crippen molar-refractivity contribution in [3.05, 3.63) is 21.9 Å². The van der Waals surface area contributed by atoms with Crippen LogP contribution in [-0.4, -0.2) is 12.1 Å². The van der Waals surface area contributed by atoms with E-state index in [0.29, 0.717) is 5.41 Å². The average Bonchev–Trinajstić information content (AvgIpc) is 2.71. The molecule has 1 aliphatic rings. The van der Waals surface area contributed by atoms with E-state index in [1.807, 2.05) is 11.3 Å². The summed E-state index contributed by atoms with van der Waals surface area (Å²) in [6, 6.07) is 2.29. The lowest BCUT2D eigenvalue weighted by Gasteiger charge is -2.42. The quantitative estimate of drug-likeness (QED) is 0.791. The van der Waals surface area contributed by atoms with Crippen molar-refractivity contribution in [1.29, 1.82) is 0 Å².